The normalized spacial score (nSPS) is 13.1. The third-order valence-corrected chi connectivity index (χ3v) is 7.06. The van der Waals surface area contributed by atoms with Gasteiger partial charge < -0.3 is 0 Å². The smallest absolute Gasteiger partial charge is 0.0670 e. The van der Waals surface area contributed by atoms with Crippen LogP contribution >= 0.6 is 7.80 Å². The fourth-order valence-corrected chi connectivity index (χ4v) is 5.74. The first-order valence-electron chi connectivity index (χ1n) is 9.13. The number of fused-ring (bicyclic) bond motifs is 3. The quantitative estimate of drug-likeness (QED) is 0.375. The molecule has 0 N–H and O–H groups in total. The van der Waals surface area contributed by atoms with Crippen LogP contribution in [0.3, 0.4) is 0 Å². The Morgan fingerprint density at radius 1 is 0.556 bits per heavy atom. The summed E-state index contributed by atoms with van der Waals surface area (Å²) in [6, 6.07) is 35.1. The molecule has 0 bridgehead atoms. The molecule has 4 aromatic carbocycles. The Morgan fingerprint density at radius 2 is 1.11 bits per heavy atom. The highest BCUT2D eigenvalue weighted by atomic mass is 31.1. The molecule has 5 rings (SSSR count). The van der Waals surface area contributed by atoms with Gasteiger partial charge in [-0.25, -0.2) is 0 Å². The summed E-state index contributed by atoms with van der Waals surface area (Å²) in [6.45, 7) is 0. The van der Waals surface area contributed by atoms with Crippen molar-refractivity contribution in [2.24, 2.45) is 0 Å². The van der Waals surface area contributed by atoms with Gasteiger partial charge in [0.05, 0.1) is 0 Å². The molecule has 1 aliphatic rings. The van der Waals surface area contributed by atoms with Crippen LogP contribution in [0.4, 0.5) is 0 Å². The molecule has 0 saturated heterocycles. The largest absolute Gasteiger partial charge is 0.389 e. The molecule has 1 aliphatic carbocycles. The fraction of sp³-hybridized carbons (Fsp3) is 0.0400. The van der Waals surface area contributed by atoms with Gasteiger partial charge in [-0.3, -0.25) is 0 Å². The SMILES string of the molecule is O=[P+](c1cccc(-c2ccccc2)c1)C1c2ccccc2-c2ccccc21. The van der Waals surface area contributed by atoms with Gasteiger partial charge in [0, 0.05) is 11.1 Å². The Bertz CT molecular complexity index is 1100. The lowest BCUT2D eigenvalue weighted by Gasteiger charge is -2.05. The summed E-state index contributed by atoms with van der Waals surface area (Å²) in [5.74, 6) is 0. The number of benzene rings is 4. The van der Waals surface area contributed by atoms with Crippen LogP contribution in [0.2, 0.25) is 0 Å². The molecule has 0 aromatic heterocycles. The second kappa shape index (κ2) is 6.61. The van der Waals surface area contributed by atoms with Crippen LogP contribution in [0.15, 0.2) is 103 Å². The first-order valence-corrected chi connectivity index (χ1v) is 10.5. The van der Waals surface area contributed by atoms with Crippen LogP contribution < -0.4 is 5.30 Å². The molecule has 1 unspecified atom stereocenters. The van der Waals surface area contributed by atoms with E-state index in [4.69, 9.17) is 0 Å². The predicted molar refractivity (Wildman–Crippen MR) is 113 cm³/mol. The van der Waals surface area contributed by atoms with E-state index >= 15 is 0 Å². The fourth-order valence-electron chi connectivity index (χ4n) is 3.98. The summed E-state index contributed by atoms with van der Waals surface area (Å²) in [4.78, 5) is 0. The van der Waals surface area contributed by atoms with Gasteiger partial charge in [-0.2, -0.15) is 0 Å². The first-order chi connectivity index (χ1) is 13.3. The summed E-state index contributed by atoms with van der Waals surface area (Å²) < 4.78 is 13.7. The van der Waals surface area contributed by atoms with E-state index in [1.807, 2.05) is 42.5 Å². The maximum absolute atomic E-state index is 13.7. The lowest BCUT2D eigenvalue weighted by atomic mass is 10.1. The van der Waals surface area contributed by atoms with Gasteiger partial charge in [0.25, 0.3) is 0 Å². The zero-order valence-corrected chi connectivity index (χ0v) is 15.6. The molecular weight excluding hydrogens is 347 g/mol. The average molecular weight is 365 g/mol. The Kier molecular flexibility index (Phi) is 3.96. The predicted octanol–water partition coefficient (Wildman–Crippen LogP) is 6.58. The highest BCUT2D eigenvalue weighted by Gasteiger charge is 2.43. The van der Waals surface area contributed by atoms with E-state index in [0.29, 0.717) is 0 Å². The lowest BCUT2D eigenvalue weighted by Crippen LogP contribution is -2.03. The highest BCUT2D eigenvalue weighted by Crippen LogP contribution is 2.55. The maximum atomic E-state index is 13.7. The van der Waals surface area contributed by atoms with Crippen molar-refractivity contribution in [2.45, 2.75) is 5.66 Å². The van der Waals surface area contributed by atoms with Gasteiger partial charge >= 0.3 is 7.80 Å². The van der Waals surface area contributed by atoms with Gasteiger partial charge in [0.2, 0.25) is 5.66 Å². The van der Waals surface area contributed by atoms with Gasteiger partial charge in [-0.15, -0.1) is 0 Å². The number of rotatable bonds is 3. The van der Waals surface area contributed by atoms with E-state index in [1.54, 1.807) is 0 Å². The van der Waals surface area contributed by atoms with Crippen molar-refractivity contribution in [3.63, 3.8) is 0 Å². The van der Waals surface area contributed by atoms with Crippen LogP contribution in [0.5, 0.6) is 0 Å². The molecule has 128 valence electrons. The van der Waals surface area contributed by atoms with E-state index in [1.165, 1.54) is 22.3 Å². The molecule has 4 aromatic rings. The molecule has 1 nitrogen and oxygen atoms in total. The first kappa shape index (κ1) is 16.2. The van der Waals surface area contributed by atoms with Gasteiger partial charge in [0.1, 0.15) is 0 Å². The Balaban J connectivity index is 1.61. The molecule has 2 heteroatoms. The van der Waals surface area contributed by atoms with E-state index in [9.17, 15) is 4.57 Å². The van der Waals surface area contributed by atoms with Gasteiger partial charge in [0.15, 0.2) is 5.30 Å². The number of hydrogen-bond donors (Lipinski definition) is 0. The van der Waals surface area contributed by atoms with Crippen LogP contribution in [0, 0.1) is 0 Å². The van der Waals surface area contributed by atoms with Crippen molar-refractivity contribution in [1.29, 1.82) is 0 Å². The van der Waals surface area contributed by atoms with Crippen molar-refractivity contribution in [3.8, 4) is 22.3 Å². The molecular formula is C25H18OP+. The zero-order valence-electron chi connectivity index (χ0n) is 14.7. The maximum Gasteiger partial charge on any atom is 0.389 e. The summed E-state index contributed by atoms with van der Waals surface area (Å²) >= 11 is 0. The third-order valence-electron chi connectivity index (χ3n) is 5.24. The van der Waals surface area contributed by atoms with Crippen LogP contribution in [0.25, 0.3) is 22.3 Å². The molecule has 0 heterocycles. The van der Waals surface area contributed by atoms with Crippen LogP contribution in [-0.4, -0.2) is 0 Å². The van der Waals surface area contributed by atoms with E-state index < -0.39 is 7.80 Å². The van der Waals surface area contributed by atoms with Gasteiger partial charge in [-0.1, -0.05) is 95.6 Å². The van der Waals surface area contributed by atoms with E-state index in [-0.39, 0.29) is 5.66 Å². The Labute approximate surface area is 160 Å². The zero-order chi connectivity index (χ0) is 18.2. The average Bonchev–Trinajstić information content (AvgIpc) is 3.08. The molecule has 0 aliphatic heterocycles. The van der Waals surface area contributed by atoms with E-state index in [2.05, 4.69) is 60.7 Å². The molecule has 1 atom stereocenters. The van der Waals surface area contributed by atoms with E-state index in [0.717, 1.165) is 16.4 Å². The van der Waals surface area contributed by atoms with Crippen molar-refractivity contribution in [3.05, 3.63) is 114 Å². The van der Waals surface area contributed by atoms with Crippen molar-refractivity contribution >= 4 is 13.1 Å². The molecule has 27 heavy (non-hydrogen) atoms. The summed E-state index contributed by atoms with van der Waals surface area (Å²) in [5, 5.41) is 0.905. The lowest BCUT2D eigenvalue weighted by molar-refractivity contribution is 0.590. The second-order valence-electron chi connectivity index (χ2n) is 6.82. The summed E-state index contributed by atoms with van der Waals surface area (Å²) in [7, 11) is -1.61. The molecule has 0 spiro atoms. The Hall–Kier alpha value is -3.02. The molecule has 0 radical (unpaired) electrons. The Morgan fingerprint density at radius 3 is 1.78 bits per heavy atom. The summed E-state index contributed by atoms with van der Waals surface area (Å²) in [5.41, 5.74) is 6.93. The van der Waals surface area contributed by atoms with Crippen molar-refractivity contribution < 1.29 is 4.57 Å². The van der Waals surface area contributed by atoms with Gasteiger partial charge in [-0.05, 0) is 34.4 Å². The molecule has 0 saturated carbocycles. The summed E-state index contributed by atoms with van der Waals surface area (Å²) in [6.07, 6.45) is 0. The van der Waals surface area contributed by atoms with Crippen molar-refractivity contribution in [2.75, 3.05) is 0 Å². The molecule has 0 amide bonds. The minimum Gasteiger partial charge on any atom is -0.0670 e. The van der Waals surface area contributed by atoms with Crippen LogP contribution in [-0.2, 0) is 4.57 Å². The van der Waals surface area contributed by atoms with Crippen molar-refractivity contribution in [1.82, 2.24) is 0 Å². The number of hydrogen-bond acceptors (Lipinski definition) is 1. The highest BCUT2D eigenvalue weighted by molar-refractivity contribution is 7.54. The second-order valence-corrected chi connectivity index (χ2v) is 8.50. The topological polar surface area (TPSA) is 17.1 Å². The minimum atomic E-state index is -1.61. The molecule has 0 fully saturated rings. The standard InChI is InChI=1S/C25H18OP/c26-27(20-12-8-11-19(17-20)18-9-2-1-3-10-18)25-23-15-6-4-13-21(23)22-14-5-7-16-24(22)25/h1-17,25H/q+1. The third kappa shape index (κ3) is 2.72. The minimum absolute atomic E-state index is 0.0848. The monoisotopic (exact) mass is 365 g/mol. The van der Waals surface area contributed by atoms with Crippen LogP contribution in [0.1, 0.15) is 16.8 Å².